The van der Waals surface area contributed by atoms with E-state index >= 15 is 0 Å². The first kappa shape index (κ1) is 35.1. The molecular weight excluding hydrogens is 582 g/mol. The standard InChI is InChI=1S/C18H14N4O9S.C3H9NO.Cr.H2O/c1-31-18(25)19-11-4-2-3-9-5-6-13(23)16(15(9)11)21-20-12-7-10(22(26)27)8-14(17(12)24)32(28,29)30;1-4-2-3-5;;/h2-8,23-24H,1H3,(H,19,25)(H,28,29,30);4-5H,2-3H2,1H3;;1H2/p+1. The summed E-state index contributed by atoms with van der Waals surface area (Å²) in [5.41, 5.74) is -1.48. The van der Waals surface area contributed by atoms with E-state index < -0.39 is 48.9 Å². The zero-order chi connectivity index (χ0) is 27.8. The second-order valence-electron chi connectivity index (χ2n) is 7.02. The number of likely N-dealkylation sites (N-methyl/N-ethyl adjacent to an activating group) is 1. The van der Waals surface area contributed by atoms with Gasteiger partial charge in [0.25, 0.3) is 15.8 Å². The maximum absolute atomic E-state index is 11.7. The van der Waals surface area contributed by atoms with Gasteiger partial charge in [-0.2, -0.15) is 8.42 Å². The molecule has 39 heavy (non-hydrogen) atoms. The van der Waals surface area contributed by atoms with Crippen molar-refractivity contribution in [1.82, 2.24) is 5.32 Å². The first-order valence-corrected chi connectivity index (χ1v) is 11.6. The normalized spacial score (nSPS) is 10.6. The van der Waals surface area contributed by atoms with Crippen molar-refractivity contribution in [2.45, 2.75) is 4.90 Å². The zero-order valence-corrected chi connectivity index (χ0v) is 22.4. The van der Waals surface area contributed by atoms with Crippen LogP contribution >= 0.6 is 0 Å². The third-order valence-electron chi connectivity index (χ3n) is 4.57. The maximum Gasteiger partial charge on any atom is 1.00 e. The smallest absolute Gasteiger partial charge is 0.506 e. The summed E-state index contributed by atoms with van der Waals surface area (Å²) in [6.07, 6.45) is -0.808. The van der Waals surface area contributed by atoms with Crippen molar-refractivity contribution < 1.29 is 67.0 Å². The molecule has 16 nitrogen and oxygen atoms in total. The number of aliphatic hydroxyl groups excluding tert-OH is 1. The molecule has 0 bridgehead atoms. The SMILES string of the molecule is CNCCO.COC(=O)Nc1cccc2ccc(O)c(N=Nc3cc([N+](=O)[O-])cc(S(=O)(=O)O)c3O)c12.O.[Cr].[H+]. The summed E-state index contributed by atoms with van der Waals surface area (Å²) < 4.78 is 36.7. The number of anilines is 1. The number of nitrogens with zero attached hydrogens (tertiary/aromatic N) is 3. The van der Waals surface area contributed by atoms with Crippen molar-refractivity contribution in [1.29, 1.82) is 0 Å². The molecule has 0 spiro atoms. The Morgan fingerprint density at radius 1 is 1.18 bits per heavy atom. The number of benzene rings is 3. The number of aromatic hydroxyl groups is 2. The Balaban J connectivity index is 0. The van der Waals surface area contributed by atoms with Crippen LogP contribution in [0.4, 0.5) is 27.5 Å². The van der Waals surface area contributed by atoms with Crippen molar-refractivity contribution in [3.63, 3.8) is 0 Å². The summed E-state index contributed by atoms with van der Waals surface area (Å²) in [5, 5.41) is 52.9. The minimum atomic E-state index is -5.03. The van der Waals surface area contributed by atoms with Gasteiger partial charge in [-0.3, -0.25) is 20.0 Å². The number of carbonyl (C=O) groups is 1. The van der Waals surface area contributed by atoms with Gasteiger partial charge in [-0.25, -0.2) is 4.79 Å². The third kappa shape index (κ3) is 9.12. The van der Waals surface area contributed by atoms with Gasteiger partial charge < -0.3 is 30.8 Å². The van der Waals surface area contributed by atoms with E-state index in [1.807, 2.05) is 0 Å². The van der Waals surface area contributed by atoms with Gasteiger partial charge in [0.15, 0.2) is 5.75 Å². The number of non-ortho nitro benzene ring substituents is 1. The minimum Gasteiger partial charge on any atom is -0.506 e. The van der Waals surface area contributed by atoms with Crippen LogP contribution in [0.2, 0.25) is 0 Å². The van der Waals surface area contributed by atoms with Crippen LogP contribution in [0.1, 0.15) is 1.43 Å². The van der Waals surface area contributed by atoms with Crippen molar-refractivity contribution in [3.05, 3.63) is 52.6 Å². The fourth-order valence-electron chi connectivity index (χ4n) is 2.89. The molecule has 0 aliphatic heterocycles. The number of phenols is 2. The number of azo groups is 1. The maximum atomic E-state index is 11.7. The number of aliphatic hydroxyl groups is 1. The first-order chi connectivity index (χ1) is 17.4. The molecule has 212 valence electrons. The molecule has 0 saturated heterocycles. The van der Waals surface area contributed by atoms with Gasteiger partial charge in [0, 0.05) is 41.4 Å². The number of nitro groups is 1. The van der Waals surface area contributed by atoms with Crippen molar-refractivity contribution >= 4 is 49.7 Å². The number of amides is 1. The Kier molecular flexibility index (Phi) is 14.0. The Bertz CT molecular complexity index is 1460. The first-order valence-electron chi connectivity index (χ1n) is 10.2. The monoisotopic (exact) mass is 608 g/mol. The molecule has 0 aliphatic carbocycles. The molecule has 0 fully saturated rings. The average molecular weight is 609 g/mol. The van der Waals surface area contributed by atoms with Gasteiger partial charge in [-0.15, -0.1) is 10.2 Å². The fourth-order valence-corrected chi connectivity index (χ4v) is 3.51. The van der Waals surface area contributed by atoms with Crippen LogP contribution in [0.15, 0.2) is 57.6 Å². The summed E-state index contributed by atoms with van der Waals surface area (Å²) in [4.78, 5) is 20.7. The number of nitro benzene ring substituents is 1. The number of rotatable bonds is 7. The van der Waals surface area contributed by atoms with E-state index in [0.29, 0.717) is 18.0 Å². The van der Waals surface area contributed by atoms with E-state index in [9.17, 15) is 38.1 Å². The second-order valence-corrected chi connectivity index (χ2v) is 8.41. The molecule has 0 atom stereocenters. The molecule has 3 aromatic rings. The Labute approximate surface area is 233 Å². The van der Waals surface area contributed by atoms with Crippen molar-refractivity contribution in [2.75, 3.05) is 32.6 Å². The van der Waals surface area contributed by atoms with Gasteiger partial charge in [-0.1, -0.05) is 18.2 Å². The summed E-state index contributed by atoms with van der Waals surface area (Å²) >= 11 is 0. The topological polar surface area (TPSA) is 265 Å². The van der Waals surface area contributed by atoms with Gasteiger partial charge in [0.2, 0.25) is 0 Å². The summed E-state index contributed by atoms with van der Waals surface area (Å²) in [7, 11) is -2.08. The van der Waals surface area contributed by atoms with Crippen LogP contribution in [-0.2, 0) is 32.2 Å². The molecule has 18 heteroatoms. The van der Waals surface area contributed by atoms with E-state index in [1.54, 1.807) is 19.2 Å². The molecule has 0 aromatic heterocycles. The minimum absolute atomic E-state index is 0. The number of nitrogens with one attached hydrogen (secondary N) is 2. The molecular formula is C21H26CrN5O11S+. The molecule has 1 amide bonds. The van der Waals surface area contributed by atoms with Gasteiger partial charge in [0.1, 0.15) is 22.0 Å². The van der Waals surface area contributed by atoms with E-state index in [-0.39, 0.29) is 47.6 Å². The molecule has 0 heterocycles. The second kappa shape index (κ2) is 15.5. The van der Waals surface area contributed by atoms with Gasteiger partial charge >= 0.3 is 7.52 Å². The molecule has 0 radical (unpaired) electrons. The third-order valence-corrected chi connectivity index (χ3v) is 5.43. The quantitative estimate of drug-likeness (QED) is 0.0981. The Morgan fingerprint density at radius 3 is 2.36 bits per heavy atom. The van der Waals surface area contributed by atoms with Gasteiger partial charge in [0.05, 0.1) is 24.3 Å². The summed E-state index contributed by atoms with van der Waals surface area (Å²) in [6.45, 7) is 0.927. The van der Waals surface area contributed by atoms with Crippen LogP contribution in [-0.4, -0.2) is 72.1 Å². The number of methoxy groups -OCH3 is 1. The van der Waals surface area contributed by atoms with E-state index in [1.165, 1.54) is 18.2 Å². The predicted octanol–water partition coefficient (Wildman–Crippen LogP) is 2.48. The molecule has 3 aromatic carbocycles. The molecule has 0 unspecified atom stereocenters. The van der Waals surface area contributed by atoms with Crippen LogP contribution in [0.25, 0.3) is 10.8 Å². The van der Waals surface area contributed by atoms with E-state index in [2.05, 4.69) is 25.6 Å². The van der Waals surface area contributed by atoms with Crippen LogP contribution in [0, 0.1) is 10.1 Å². The number of phenolic OH excluding ortho intramolecular Hbond substituents is 2. The summed E-state index contributed by atoms with van der Waals surface area (Å²) in [5.74, 6) is -1.49. The number of hydrogen-bond acceptors (Lipinski definition) is 12. The van der Waals surface area contributed by atoms with Gasteiger partial charge in [-0.05, 0) is 24.6 Å². The fraction of sp³-hybridized carbons (Fsp3) is 0.190. The molecule has 0 saturated carbocycles. The number of carbonyl (C=O) groups excluding carboxylic acids is 1. The van der Waals surface area contributed by atoms with Crippen LogP contribution in [0.5, 0.6) is 11.5 Å². The largest absolute Gasteiger partial charge is 1.00 e. The van der Waals surface area contributed by atoms with E-state index in [0.717, 1.165) is 13.2 Å². The van der Waals surface area contributed by atoms with Crippen LogP contribution in [0.3, 0.4) is 0 Å². The van der Waals surface area contributed by atoms with Crippen molar-refractivity contribution in [2.24, 2.45) is 10.2 Å². The Hall–Kier alpha value is -3.89. The molecule has 3 rings (SSSR count). The molecule has 0 aliphatic rings. The van der Waals surface area contributed by atoms with E-state index in [4.69, 9.17) is 5.11 Å². The zero-order valence-electron chi connectivity index (χ0n) is 21.4. The number of ether oxygens (including phenoxy) is 1. The molecule has 8 N–H and O–H groups in total. The van der Waals surface area contributed by atoms with Crippen LogP contribution < -0.4 is 10.6 Å². The average Bonchev–Trinajstić information content (AvgIpc) is 2.84. The number of hydrogen-bond donors (Lipinski definition) is 6. The van der Waals surface area contributed by atoms with Crippen molar-refractivity contribution in [3.8, 4) is 11.5 Å². The summed E-state index contributed by atoms with van der Waals surface area (Å²) in [6, 6.07) is 8.70. The number of fused-ring (bicyclic) bond motifs is 1. The Morgan fingerprint density at radius 2 is 1.85 bits per heavy atom. The predicted molar refractivity (Wildman–Crippen MR) is 136 cm³/mol.